The normalized spacial score (nSPS) is 12.1. The summed E-state index contributed by atoms with van der Waals surface area (Å²) in [6, 6.07) is 23.1. The molecule has 168 valence electrons. The lowest BCUT2D eigenvalue weighted by molar-refractivity contribution is -0.135. The fraction of sp³-hybridized carbons (Fsp3) is 0.0833. The van der Waals surface area contributed by atoms with Gasteiger partial charge in [0.05, 0.1) is 28.9 Å². The topological polar surface area (TPSA) is 123 Å². The SMILES string of the molecule is CS(=O)(=O)N(CC(=O)O)c1ccc(N=C(c2ccccc2)c2c(O)[nH]c3ccccc23)cc1. The van der Waals surface area contributed by atoms with Gasteiger partial charge in [0, 0.05) is 16.5 Å². The maximum Gasteiger partial charge on any atom is 0.324 e. The Hall–Kier alpha value is -4.11. The molecule has 0 saturated carbocycles. The van der Waals surface area contributed by atoms with Gasteiger partial charge in [0.1, 0.15) is 6.54 Å². The quantitative estimate of drug-likeness (QED) is 0.359. The Balaban J connectivity index is 1.82. The van der Waals surface area contributed by atoms with Gasteiger partial charge in [-0.15, -0.1) is 0 Å². The molecule has 0 atom stereocenters. The van der Waals surface area contributed by atoms with Crippen molar-refractivity contribution in [3.05, 3.63) is 90.0 Å². The number of rotatable bonds is 7. The predicted molar refractivity (Wildman–Crippen MR) is 128 cm³/mol. The molecule has 0 fully saturated rings. The van der Waals surface area contributed by atoms with E-state index in [0.717, 1.165) is 27.0 Å². The predicted octanol–water partition coefficient (Wildman–Crippen LogP) is 3.89. The molecule has 9 heteroatoms. The number of carboxylic acid groups (broad SMARTS) is 1. The summed E-state index contributed by atoms with van der Waals surface area (Å²) in [5.41, 5.74) is 3.35. The van der Waals surface area contributed by atoms with Crippen molar-refractivity contribution in [1.82, 2.24) is 4.98 Å². The van der Waals surface area contributed by atoms with Crippen LogP contribution in [0.5, 0.6) is 5.88 Å². The van der Waals surface area contributed by atoms with Gasteiger partial charge in [0.2, 0.25) is 10.0 Å². The Labute approximate surface area is 190 Å². The standard InChI is InChI=1S/C24H21N3O5S/c1-33(31,32)27(15-21(28)29)18-13-11-17(12-14-18)25-23(16-7-3-2-4-8-16)22-19-9-5-6-10-20(19)26-24(22)30/h2-14,26,30H,15H2,1H3,(H,28,29). The lowest BCUT2D eigenvalue weighted by atomic mass is 10.0. The number of aromatic nitrogens is 1. The van der Waals surface area contributed by atoms with Gasteiger partial charge >= 0.3 is 5.97 Å². The van der Waals surface area contributed by atoms with Crippen LogP contribution in [-0.4, -0.2) is 48.1 Å². The van der Waals surface area contributed by atoms with Gasteiger partial charge in [0.15, 0.2) is 5.88 Å². The van der Waals surface area contributed by atoms with E-state index < -0.39 is 22.5 Å². The number of hydrogen-bond donors (Lipinski definition) is 3. The Bertz CT molecular complexity index is 1440. The van der Waals surface area contributed by atoms with Crippen molar-refractivity contribution in [2.75, 3.05) is 17.1 Å². The minimum absolute atomic E-state index is 0.0138. The van der Waals surface area contributed by atoms with Crippen LogP contribution in [0.2, 0.25) is 0 Å². The molecule has 8 nitrogen and oxygen atoms in total. The average Bonchev–Trinajstić information content (AvgIpc) is 3.12. The van der Waals surface area contributed by atoms with E-state index >= 15 is 0 Å². The Morgan fingerprint density at radius 2 is 1.61 bits per heavy atom. The number of nitrogens with zero attached hydrogens (tertiary/aromatic N) is 2. The van der Waals surface area contributed by atoms with E-state index in [-0.39, 0.29) is 11.6 Å². The van der Waals surface area contributed by atoms with E-state index in [1.165, 1.54) is 12.1 Å². The number of aliphatic carboxylic acids is 1. The smallest absolute Gasteiger partial charge is 0.324 e. The summed E-state index contributed by atoms with van der Waals surface area (Å²) in [7, 11) is -3.78. The highest BCUT2D eigenvalue weighted by Gasteiger charge is 2.21. The number of benzene rings is 3. The van der Waals surface area contributed by atoms with E-state index in [0.29, 0.717) is 17.0 Å². The second-order valence-corrected chi connectivity index (χ2v) is 9.31. The molecular formula is C24H21N3O5S. The highest BCUT2D eigenvalue weighted by atomic mass is 32.2. The molecule has 0 bridgehead atoms. The number of hydrogen-bond acceptors (Lipinski definition) is 5. The third-order valence-corrected chi connectivity index (χ3v) is 6.17. The van der Waals surface area contributed by atoms with Crippen molar-refractivity contribution in [1.29, 1.82) is 0 Å². The van der Waals surface area contributed by atoms with Crippen LogP contribution in [0, 0.1) is 0 Å². The van der Waals surface area contributed by atoms with Gasteiger partial charge < -0.3 is 15.2 Å². The number of fused-ring (bicyclic) bond motifs is 1. The molecule has 0 amide bonds. The zero-order valence-electron chi connectivity index (χ0n) is 17.6. The number of H-pyrrole nitrogens is 1. The van der Waals surface area contributed by atoms with Crippen LogP contribution >= 0.6 is 0 Å². The number of aromatic amines is 1. The van der Waals surface area contributed by atoms with Crippen LogP contribution in [0.3, 0.4) is 0 Å². The third-order valence-electron chi connectivity index (χ3n) is 5.03. The zero-order chi connectivity index (χ0) is 23.6. The fourth-order valence-electron chi connectivity index (χ4n) is 3.57. The number of aromatic hydroxyl groups is 1. The first-order chi connectivity index (χ1) is 15.7. The molecular weight excluding hydrogens is 442 g/mol. The summed E-state index contributed by atoms with van der Waals surface area (Å²) in [4.78, 5) is 18.8. The van der Waals surface area contributed by atoms with Crippen molar-refractivity contribution >= 4 is 44.0 Å². The fourth-order valence-corrected chi connectivity index (χ4v) is 4.42. The molecule has 4 aromatic rings. The summed E-state index contributed by atoms with van der Waals surface area (Å²) in [5, 5.41) is 20.5. The molecule has 0 radical (unpaired) electrons. The van der Waals surface area contributed by atoms with Crippen molar-refractivity contribution in [2.24, 2.45) is 4.99 Å². The zero-order valence-corrected chi connectivity index (χ0v) is 18.5. The number of sulfonamides is 1. The van der Waals surface area contributed by atoms with Crippen LogP contribution in [0.4, 0.5) is 11.4 Å². The molecule has 0 aliphatic carbocycles. The largest absolute Gasteiger partial charge is 0.494 e. The molecule has 0 spiro atoms. The number of aliphatic imine (C=N–C) groups is 1. The number of carbonyl (C=O) groups is 1. The third kappa shape index (κ3) is 4.73. The van der Waals surface area contributed by atoms with Crippen molar-refractivity contribution < 1.29 is 23.4 Å². The molecule has 0 aliphatic rings. The van der Waals surface area contributed by atoms with Crippen molar-refractivity contribution in [3.63, 3.8) is 0 Å². The average molecular weight is 464 g/mol. The maximum atomic E-state index is 12.0. The lowest BCUT2D eigenvalue weighted by Gasteiger charge is -2.20. The minimum atomic E-state index is -3.78. The Morgan fingerprint density at radius 1 is 0.970 bits per heavy atom. The van der Waals surface area contributed by atoms with Gasteiger partial charge in [-0.25, -0.2) is 13.4 Å². The molecule has 3 aromatic carbocycles. The Kier molecular flexibility index (Phi) is 5.89. The lowest BCUT2D eigenvalue weighted by Crippen LogP contribution is -2.34. The van der Waals surface area contributed by atoms with Gasteiger partial charge in [-0.05, 0) is 30.3 Å². The monoisotopic (exact) mass is 463 g/mol. The van der Waals surface area contributed by atoms with Gasteiger partial charge in [-0.1, -0.05) is 48.5 Å². The molecule has 3 N–H and O–H groups in total. The number of anilines is 1. The van der Waals surface area contributed by atoms with Crippen LogP contribution in [-0.2, 0) is 14.8 Å². The summed E-state index contributed by atoms with van der Waals surface area (Å²) < 4.78 is 24.9. The van der Waals surface area contributed by atoms with Gasteiger partial charge in [-0.3, -0.25) is 9.10 Å². The van der Waals surface area contributed by atoms with Gasteiger partial charge in [-0.2, -0.15) is 0 Å². The molecule has 33 heavy (non-hydrogen) atoms. The van der Waals surface area contributed by atoms with E-state index in [9.17, 15) is 18.3 Å². The van der Waals surface area contributed by atoms with E-state index in [1.807, 2.05) is 54.6 Å². The number of carboxylic acids is 1. The first-order valence-electron chi connectivity index (χ1n) is 9.98. The number of para-hydroxylation sites is 1. The Morgan fingerprint density at radius 3 is 2.24 bits per heavy atom. The van der Waals surface area contributed by atoms with Crippen LogP contribution in [0.25, 0.3) is 10.9 Å². The summed E-state index contributed by atoms with van der Waals surface area (Å²) in [5.74, 6) is -1.27. The van der Waals surface area contributed by atoms with Gasteiger partial charge in [0.25, 0.3) is 0 Å². The van der Waals surface area contributed by atoms with Crippen molar-refractivity contribution in [2.45, 2.75) is 0 Å². The van der Waals surface area contributed by atoms with Crippen LogP contribution in [0.1, 0.15) is 11.1 Å². The second kappa shape index (κ2) is 8.79. The molecule has 4 rings (SSSR count). The minimum Gasteiger partial charge on any atom is -0.494 e. The number of nitrogens with one attached hydrogen (secondary N) is 1. The first-order valence-corrected chi connectivity index (χ1v) is 11.8. The molecule has 0 saturated heterocycles. The molecule has 1 heterocycles. The van der Waals surface area contributed by atoms with Crippen molar-refractivity contribution in [3.8, 4) is 5.88 Å². The molecule has 1 aromatic heterocycles. The van der Waals surface area contributed by atoms with Crippen LogP contribution in [0.15, 0.2) is 83.9 Å². The second-order valence-electron chi connectivity index (χ2n) is 7.40. The highest BCUT2D eigenvalue weighted by Crippen LogP contribution is 2.32. The first kappa shape index (κ1) is 22.1. The molecule has 0 unspecified atom stereocenters. The summed E-state index contributed by atoms with van der Waals surface area (Å²) >= 11 is 0. The maximum absolute atomic E-state index is 12.0. The molecule has 0 aliphatic heterocycles. The van der Waals surface area contributed by atoms with E-state index in [2.05, 4.69) is 4.98 Å². The summed E-state index contributed by atoms with van der Waals surface area (Å²) in [6.07, 6.45) is 0.954. The highest BCUT2D eigenvalue weighted by molar-refractivity contribution is 7.92. The summed E-state index contributed by atoms with van der Waals surface area (Å²) in [6.45, 7) is -0.681. The van der Waals surface area contributed by atoms with E-state index in [1.54, 1.807) is 12.1 Å². The van der Waals surface area contributed by atoms with E-state index in [4.69, 9.17) is 10.1 Å². The van der Waals surface area contributed by atoms with Crippen LogP contribution < -0.4 is 4.31 Å².